The Morgan fingerprint density at radius 1 is 1.20 bits per heavy atom. The first-order valence-electron chi connectivity index (χ1n) is 5.17. The Balaban J connectivity index is 3.23. The van der Waals surface area contributed by atoms with Gasteiger partial charge in [-0.2, -0.15) is 0 Å². The van der Waals surface area contributed by atoms with Crippen LogP contribution in [0, 0.1) is 5.82 Å². The molecule has 5 heteroatoms. The van der Waals surface area contributed by atoms with Crippen molar-refractivity contribution in [2.45, 2.75) is 13.8 Å². The summed E-state index contributed by atoms with van der Waals surface area (Å²) < 4.78 is 24.4. The van der Waals surface area contributed by atoms with Crippen molar-refractivity contribution in [2.75, 3.05) is 13.2 Å². The molecule has 0 heterocycles. The Morgan fingerprint density at radius 2 is 1.80 bits per heavy atom. The molecule has 80 valence electrons. The van der Waals surface area contributed by atoms with Gasteiger partial charge in [-0.3, -0.25) is 0 Å². The van der Waals surface area contributed by atoms with E-state index in [4.69, 9.17) is 9.47 Å². The zero-order valence-electron chi connectivity index (χ0n) is 9.69. The van der Waals surface area contributed by atoms with Gasteiger partial charge in [0, 0.05) is 0 Å². The van der Waals surface area contributed by atoms with E-state index in [0.717, 1.165) is 5.46 Å². The van der Waals surface area contributed by atoms with Crippen molar-refractivity contribution < 1.29 is 13.9 Å². The molecule has 0 N–H and O–H groups in total. The second-order valence-electron chi connectivity index (χ2n) is 3.33. The molecule has 15 heavy (non-hydrogen) atoms. The van der Waals surface area contributed by atoms with Gasteiger partial charge in [0.05, 0.1) is 13.2 Å². The van der Waals surface area contributed by atoms with Gasteiger partial charge in [-0.1, -0.05) is 10.9 Å². The Hall–Kier alpha value is -1.12. The SMILES string of the molecule is Bc1cc(OCC)c(OCC)c(F)c1B. The lowest BCUT2D eigenvalue weighted by atomic mass is 9.80. The van der Waals surface area contributed by atoms with E-state index in [1.807, 2.05) is 27.8 Å². The summed E-state index contributed by atoms with van der Waals surface area (Å²) in [6, 6.07) is 1.81. The van der Waals surface area contributed by atoms with Gasteiger partial charge in [-0.05, 0) is 19.9 Å². The monoisotopic (exact) mass is 208 g/mol. The van der Waals surface area contributed by atoms with E-state index in [2.05, 4.69) is 0 Å². The molecule has 0 fully saturated rings. The molecular formula is C10H15B2FO2. The number of halogens is 1. The van der Waals surface area contributed by atoms with E-state index in [1.54, 1.807) is 7.85 Å². The third-order valence-corrected chi connectivity index (χ3v) is 2.28. The van der Waals surface area contributed by atoms with E-state index < -0.39 is 0 Å². The summed E-state index contributed by atoms with van der Waals surface area (Å²) >= 11 is 0. The van der Waals surface area contributed by atoms with Gasteiger partial charge in [-0.25, -0.2) is 4.39 Å². The van der Waals surface area contributed by atoms with Crippen molar-refractivity contribution >= 4 is 26.6 Å². The molecule has 0 saturated heterocycles. The first-order valence-corrected chi connectivity index (χ1v) is 5.17. The highest BCUT2D eigenvalue weighted by Gasteiger charge is 2.15. The lowest BCUT2D eigenvalue weighted by Crippen LogP contribution is -2.30. The summed E-state index contributed by atoms with van der Waals surface area (Å²) in [6.07, 6.45) is 0. The Bertz CT molecular complexity index is 356. The lowest BCUT2D eigenvalue weighted by molar-refractivity contribution is 0.277. The molecule has 0 radical (unpaired) electrons. The van der Waals surface area contributed by atoms with Crippen LogP contribution in [0.4, 0.5) is 4.39 Å². The zero-order valence-corrected chi connectivity index (χ0v) is 9.69. The Kier molecular flexibility index (Phi) is 4.06. The van der Waals surface area contributed by atoms with Crippen LogP contribution < -0.4 is 20.4 Å². The molecule has 0 saturated carbocycles. The minimum atomic E-state index is -0.319. The van der Waals surface area contributed by atoms with Gasteiger partial charge in [-0.15, -0.1) is 0 Å². The predicted molar refractivity (Wildman–Crippen MR) is 65.1 cm³/mol. The van der Waals surface area contributed by atoms with Crippen LogP contribution in [0.3, 0.4) is 0 Å². The molecule has 2 nitrogen and oxygen atoms in total. The first kappa shape index (κ1) is 12.0. The first-order chi connectivity index (χ1) is 7.11. The zero-order chi connectivity index (χ0) is 11.4. The molecule has 0 amide bonds. The third-order valence-electron chi connectivity index (χ3n) is 2.28. The molecule has 0 atom stereocenters. The van der Waals surface area contributed by atoms with Crippen molar-refractivity contribution in [3.8, 4) is 11.5 Å². The van der Waals surface area contributed by atoms with E-state index in [1.165, 1.54) is 0 Å². The third kappa shape index (κ3) is 2.46. The van der Waals surface area contributed by atoms with Crippen molar-refractivity contribution in [3.05, 3.63) is 11.9 Å². The van der Waals surface area contributed by atoms with Crippen molar-refractivity contribution in [1.82, 2.24) is 0 Å². The number of hydrogen-bond donors (Lipinski definition) is 0. The highest BCUT2D eigenvalue weighted by molar-refractivity contribution is 6.48. The van der Waals surface area contributed by atoms with Gasteiger partial charge in [0.2, 0.25) is 0 Å². The number of hydrogen-bond acceptors (Lipinski definition) is 2. The maximum absolute atomic E-state index is 13.8. The minimum Gasteiger partial charge on any atom is -0.490 e. The smallest absolute Gasteiger partial charge is 0.196 e. The molecule has 0 unspecified atom stereocenters. The van der Waals surface area contributed by atoms with Crippen LogP contribution in [-0.4, -0.2) is 28.9 Å². The van der Waals surface area contributed by atoms with Gasteiger partial charge in [0.1, 0.15) is 15.7 Å². The van der Waals surface area contributed by atoms with Crippen LogP contribution in [0.5, 0.6) is 11.5 Å². The topological polar surface area (TPSA) is 18.5 Å². The van der Waals surface area contributed by atoms with E-state index in [0.29, 0.717) is 24.4 Å². The van der Waals surface area contributed by atoms with Gasteiger partial charge >= 0.3 is 0 Å². The van der Waals surface area contributed by atoms with Crippen LogP contribution >= 0.6 is 0 Å². The van der Waals surface area contributed by atoms with E-state index in [9.17, 15) is 4.39 Å². The summed E-state index contributed by atoms with van der Waals surface area (Å²) in [6.45, 7) is 4.62. The predicted octanol–water partition coefficient (Wildman–Crippen LogP) is -0.860. The van der Waals surface area contributed by atoms with Crippen LogP contribution in [0.25, 0.3) is 0 Å². The van der Waals surface area contributed by atoms with Crippen LogP contribution in [0.1, 0.15) is 13.8 Å². The highest BCUT2D eigenvalue weighted by atomic mass is 19.1. The van der Waals surface area contributed by atoms with Gasteiger partial charge in [0.15, 0.2) is 17.3 Å². The van der Waals surface area contributed by atoms with Crippen LogP contribution in [0.15, 0.2) is 6.07 Å². The average Bonchev–Trinajstić information content (AvgIpc) is 2.21. The Morgan fingerprint density at radius 3 is 2.33 bits per heavy atom. The molecule has 1 aromatic carbocycles. The number of ether oxygens (including phenoxy) is 2. The lowest BCUT2D eigenvalue weighted by Gasteiger charge is -2.14. The molecular weight excluding hydrogens is 193 g/mol. The summed E-state index contributed by atoms with van der Waals surface area (Å²) in [7, 11) is 3.60. The maximum Gasteiger partial charge on any atom is 0.196 e. The van der Waals surface area contributed by atoms with E-state index in [-0.39, 0.29) is 11.6 Å². The van der Waals surface area contributed by atoms with Crippen molar-refractivity contribution in [2.24, 2.45) is 0 Å². The quantitative estimate of drug-likeness (QED) is 0.599. The molecule has 0 spiro atoms. The van der Waals surface area contributed by atoms with Crippen molar-refractivity contribution in [3.63, 3.8) is 0 Å². The molecule has 1 aromatic rings. The summed E-state index contributed by atoms with van der Waals surface area (Å²) in [5.41, 5.74) is 1.49. The second kappa shape index (κ2) is 5.10. The van der Waals surface area contributed by atoms with Crippen molar-refractivity contribution in [1.29, 1.82) is 0 Å². The highest BCUT2D eigenvalue weighted by Crippen LogP contribution is 2.27. The standard InChI is InChI=1S/C10H15B2FO2/c1-3-14-7-5-6(11)8(12)9(13)10(7)15-4-2/h5H,3-4,11-12H2,1-2H3. The molecule has 1 rings (SSSR count). The van der Waals surface area contributed by atoms with Crippen LogP contribution in [-0.2, 0) is 0 Å². The number of benzene rings is 1. The molecule has 0 bridgehead atoms. The largest absolute Gasteiger partial charge is 0.490 e. The fraction of sp³-hybridized carbons (Fsp3) is 0.400. The Labute approximate surface area is 91.6 Å². The summed E-state index contributed by atoms with van der Waals surface area (Å²) in [5.74, 6) is 0.391. The minimum absolute atomic E-state index is 0.224. The summed E-state index contributed by atoms with van der Waals surface area (Å²) in [4.78, 5) is 0. The fourth-order valence-electron chi connectivity index (χ4n) is 1.36. The molecule has 0 aliphatic carbocycles. The average molecular weight is 208 g/mol. The van der Waals surface area contributed by atoms with Gasteiger partial charge in [0.25, 0.3) is 0 Å². The molecule has 0 aromatic heterocycles. The normalized spacial score (nSPS) is 10.1. The van der Waals surface area contributed by atoms with Gasteiger partial charge < -0.3 is 9.47 Å². The summed E-state index contributed by atoms with van der Waals surface area (Å²) in [5, 5.41) is 0. The fourth-order valence-corrected chi connectivity index (χ4v) is 1.36. The second-order valence-corrected chi connectivity index (χ2v) is 3.33. The van der Waals surface area contributed by atoms with E-state index >= 15 is 0 Å². The molecule has 0 aliphatic heterocycles. The van der Waals surface area contributed by atoms with Crippen LogP contribution in [0.2, 0.25) is 0 Å². The maximum atomic E-state index is 13.8. The number of rotatable bonds is 4. The molecule has 0 aliphatic rings.